The third-order valence-electron chi connectivity index (χ3n) is 7.66. The Morgan fingerprint density at radius 2 is 1.67 bits per heavy atom. The van der Waals surface area contributed by atoms with Crippen molar-refractivity contribution in [2.24, 2.45) is 0 Å². The Kier molecular flexibility index (Phi) is 7.23. The quantitative estimate of drug-likeness (QED) is 0.351. The first-order valence-corrected chi connectivity index (χ1v) is 13.2. The largest absolute Gasteiger partial charge is 0.492 e. The molecule has 2 fully saturated rings. The summed E-state index contributed by atoms with van der Waals surface area (Å²) < 4.78 is 6.19. The highest BCUT2D eigenvalue weighted by Gasteiger charge is 2.22. The molecule has 6 nitrogen and oxygen atoms in total. The predicted molar refractivity (Wildman–Crippen MR) is 146 cm³/mol. The van der Waals surface area contributed by atoms with Gasteiger partial charge in [-0.15, -0.1) is 0 Å². The van der Waals surface area contributed by atoms with E-state index in [1.807, 2.05) is 29.2 Å². The molecule has 6 heteroatoms. The summed E-state index contributed by atoms with van der Waals surface area (Å²) in [6, 6.07) is 17.9. The van der Waals surface area contributed by atoms with Gasteiger partial charge in [0.2, 0.25) is 0 Å². The summed E-state index contributed by atoms with van der Waals surface area (Å²) in [6.07, 6.45) is 5.84. The lowest BCUT2D eigenvalue weighted by atomic mass is 9.96. The van der Waals surface area contributed by atoms with E-state index in [2.05, 4.69) is 24.0 Å². The van der Waals surface area contributed by atoms with Crippen molar-refractivity contribution in [2.75, 3.05) is 38.5 Å². The van der Waals surface area contributed by atoms with Crippen LogP contribution in [0.3, 0.4) is 0 Å². The Morgan fingerprint density at radius 3 is 2.47 bits per heavy atom. The minimum absolute atomic E-state index is 0.0166. The molecule has 0 aromatic heterocycles. The van der Waals surface area contributed by atoms with Crippen molar-refractivity contribution >= 4 is 28.1 Å². The number of piperidine rings is 1. The van der Waals surface area contributed by atoms with E-state index >= 15 is 0 Å². The van der Waals surface area contributed by atoms with E-state index < -0.39 is 0 Å². The van der Waals surface area contributed by atoms with Gasteiger partial charge in [-0.05, 0) is 85.9 Å². The van der Waals surface area contributed by atoms with Crippen LogP contribution in [0.15, 0.2) is 54.6 Å². The third kappa shape index (κ3) is 5.09. The molecule has 2 heterocycles. The van der Waals surface area contributed by atoms with E-state index in [1.54, 1.807) is 18.2 Å². The highest BCUT2D eigenvalue weighted by atomic mass is 16.5. The van der Waals surface area contributed by atoms with E-state index in [-0.39, 0.29) is 5.91 Å². The Labute approximate surface area is 213 Å². The number of nitrogens with one attached hydrogen (secondary N) is 1. The molecule has 3 aromatic rings. The molecule has 2 aliphatic rings. The fraction of sp³-hybridized carbons (Fsp3) is 0.400. The Hall–Kier alpha value is -3.38. The average Bonchev–Trinajstić information content (AvgIpc) is 3.46. The predicted octanol–water partition coefficient (Wildman–Crippen LogP) is 5.33. The number of ether oxygens (including phenoxy) is 1. The lowest BCUT2D eigenvalue weighted by Gasteiger charge is -2.34. The topological polar surface area (TPSA) is 82.7 Å². The zero-order chi connectivity index (χ0) is 25.1. The molecule has 2 aliphatic heterocycles. The molecular formula is C30H36N4O2. The molecule has 2 saturated heterocycles. The number of hydrogen-bond acceptors (Lipinski definition) is 5. The lowest BCUT2D eigenvalue weighted by Crippen LogP contribution is -2.42. The molecular weight excluding hydrogens is 448 g/mol. The first kappa shape index (κ1) is 24.3. The van der Waals surface area contributed by atoms with Crippen LogP contribution in [0.4, 0.5) is 5.69 Å². The summed E-state index contributed by atoms with van der Waals surface area (Å²) in [6.45, 7) is 6.76. The molecule has 36 heavy (non-hydrogen) atoms. The monoisotopic (exact) mass is 484 g/mol. The van der Waals surface area contributed by atoms with Crippen LogP contribution < -0.4 is 10.5 Å². The number of benzene rings is 3. The van der Waals surface area contributed by atoms with Crippen LogP contribution in [0.1, 0.15) is 60.5 Å². The van der Waals surface area contributed by atoms with Crippen LogP contribution in [0.5, 0.6) is 5.75 Å². The average molecular weight is 485 g/mol. The smallest absolute Gasteiger partial charge is 0.253 e. The Bertz CT molecular complexity index is 1270. The van der Waals surface area contributed by atoms with Crippen LogP contribution in [0.2, 0.25) is 0 Å². The number of nitrogen functional groups attached to an aromatic ring is 1. The number of likely N-dealkylation sites (tertiary alicyclic amines) is 2. The maximum absolute atomic E-state index is 12.9. The van der Waals surface area contributed by atoms with Crippen molar-refractivity contribution in [2.45, 2.75) is 45.1 Å². The molecule has 1 amide bonds. The summed E-state index contributed by atoms with van der Waals surface area (Å²) >= 11 is 0. The van der Waals surface area contributed by atoms with Crippen molar-refractivity contribution in [3.05, 3.63) is 71.3 Å². The van der Waals surface area contributed by atoms with Gasteiger partial charge in [-0.3, -0.25) is 15.1 Å². The van der Waals surface area contributed by atoms with Crippen LogP contribution in [-0.2, 0) is 0 Å². The van der Waals surface area contributed by atoms with Gasteiger partial charge in [0.05, 0.1) is 5.71 Å². The molecule has 0 spiro atoms. The van der Waals surface area contributed by atoms with E-state index in [4.69, 9.17) is 15.9 Å². The number of nitrogens with two attached hydrogens (primary N) is 1. The van der Waals surface area contributed by atoms with Gasteiger partial charge in [-0.2, -0.15) is 0 Å². The molecule has 3 N–H and O–H groups in total. The number of nitrogens with zero attached hydrogens (tertiary/aromatic N) is 2. The van der Waals surface area contributed by atoms with E-state index in [0.717, 1.165) is 61.1 Å². The van der Waals surface area contributed by atoms with E-state index in [9.17, 15) is 4.79 Å². The second-order valence-electron chi connectivity index (χ2n) is 9.99. The summed E-state index contributed by atoms with van der Waals surface area (Å²) in [5.74, 6) is 0.896. The van der Waals surface area contributed by atoms with Crippen LogP contribution in [0, 0.1) is 5.41 Å². The molecule has 0 radical (unpaired) electrons. The standard InChI is InChI=1S/C30H36N4O2/c1-2-33-14-4-3-7-25(33)20-36-26-12-10-21-17-23(9-8-22(21)18-26)29(32)27-19-24(11-13-28(27)31)30(35)34-15-5-6-16-34/h8-13,17-19,25,32H,2-7,14-16,20,31H2,1H3/t25-/m0/s1. The van der Waals surface area contributed by atoms with Gasteiger partial charge in [0.15, 0.2) is 0 Å². The van der Waals surface area contributed by atoms with Gasteiger partial charge in [0.25, 0.3) is 5.91 Å². The molecule has 5 rings (SSSR count). The number of rotatable bonds is 7. The molecule has 1 atom stereocenters. The van der Waals surface area contributed by atoms with Gasteiger partial charge in [0.1, 0.15) is 12.4 Å². The number of likely N-dealkylation sites (N-methyl/N-ethyl adjacent to an activating group) is 1. The normalized spacial score (nSPS) is 18.5. The molecule has 0 aliphatic carbocycles. The Morgan fingerprint density at radius 1 is 0.944 bits per heavy atom. The molecule has 188 valence electrons. The summed E-state index contributed by atoms with van der Waals surface area (Å²) in [7, 11) is 0. The molecule has 3 aromatic carbocycles. The van der Waals surface area contributed by atoms with Crippen LogP contribution >= 0.6 is 0 Å². The van der Waals surface area contributed by atoms with Crippen molar-refractivity contribution < 1.29 is 9.53 Å². The SMILES string of the molecule is CCN1CCCC[C@H]1COc1ccc2cc(C(=N)c3cc(C(=O)N4CCCC4)ccc3N)ccc2c1. The fourth-order valence-electron chi connectivity index (χ4n) is 5.49. The van der Waals surface area contributed by atoms with Gasteiger partial charge < -0.3 is 15.4 Å². The van der Waals surface area contributed by atoms with Crippen molar-refractivity contribution in [1.82, 2.24) is 9.80 Å². The van der Waals surface area contributed by atoms with E-state index in [1.165, 1.54) is 19.3 Å². The molecule has 0 unspecified atom stereocenters. The van der Waals surface area contributed by atoms with Crippen molar-refractivity contribution in [1.29, 1.82) is 5.41 Å². The van der Waals surface area contributed by atoms with Crippen molar-refractivity contribution in [3.8, 4) is 5.75 Å². The van der Waals surface area contributed by atoms with E-state index in [0.29, 0.717) is 35.2 Å². The number of carbonyl (C=O) groups excluding carboxylic acids is 1. The molecule has 0 saturated carbocycles. The Balaban J connectivity index is 1.32. The highest BCUT2D eigenvalue weighted by Crippen LogP contribution is 2.26. The fourth-order valence-corrected chi connectivity index (χ4v) is 5.49. The lowest BCUT2D eigenvalue weighted by molar-refractivity contribution is 0.0793. The zero-order valence-corrected chi connectivity index (χ0v) is 21.1. The second kappa shape index (κ2) is 10.7. The number of amides is 1. The summed E-state index contributed by atoms with van der Waals surface area (Å²) in [4.78, 5) is 17.3. The zero-order valence-electron chi connectivity index (χ0n) is 21.1. The van der Waals surface area contributed by atoms with Crippen LogP contribution in [0.25, 0.3) is 10.8 Å². The summed E-state index contributed by atoms with van der Waals surface area (Å²) in [5.41, 5.74) is 9.02. The first-order chi connectivity index (χ1) is 17.5. The highest BCUT2D eigenvalue weighted by molar-refractivity contribution is 6.16. The minimum Gasteiger partial charge on any atom is -0.492 e. The van der Waals surface area contributed by atoms with Gasteiger partial charge in [0, 0.05) is 41.5 Å². The van der Waals surface area contributed by atoms with Gasteiger partial charge in [-0.25, -0.2) is 0 Å². The number of hydrogen-bond donors (Lipinski definition) is 2. The third-order valence-corrected chi connectivity index (χ3v) is 7.66. The number of anilines is 1. The first-order valence-electron chi connectivity index (χ1n) is 13.2. The van der Waals surface area contributed by atoms with Crippen LogP contribution in [-0.4, -0.2) is 60.2 Å². The second-order valence-corrected chi connectivity index (χ2v) is 9.99. The maximum atomic E-state index is 12.9. The number of carbonyl (C=O) groups is 1. The van der Waals surface area contributed by atoms with Gasteiger partial charge in [-0.1, -0.05) is 31.5 Å². The van der Waals surface area contributed by atoms with Gasteiger partial charge >= 0.3 is 0 Å². The van der Waals surface area contributed by atoms with Crippen molar-refractivity contribution in [3.63, 3.8) is 0 Å². The minimum atomic E-state index is 0.0166. The maximum Gasteiger partial charge on any atom is 0.253 e. The molecule has 0 bridgehead atoms. The summed E-state index contributed by atoms with van der Waals surface area (Å²) in [5, 5.41) is 11.0. The number of fused-ring (bicyclic) bond motifs is 1.